The molecule has 0 unspecified atom stereocenters. The van der Waals surface area contributed by atoms with Gasteiger partial charge in [-0.3, -0.25) is 14.2 Å². The smallest absolute Gasteiger partial charge is 0.266 e. The monoisotopic (exact) mass is 560 g/mol. The molecule has 1 aliphatic rings. The molecule has 11 nitrogen and oxygen atoms in total. The van der Waals surface area contributed by atoms with Crippen LogP contribution in [0.4, 0.5) is 11.8 Å². The van der Waals surface area contributed by atoms with Gasteiger partial charge in [-0.1, -0.05) is 30.3 Å². The van der Waals surface area contributed by atoms with Crippen LogP contribution in [-0.2, 0) is 11.8 Å². The Morgan fingerprint density at radius 2 is 1.81 bits per heavy atom. The number of nitrogen functional groups attached to an aromatic ring is 1. The molecule has 0 bridgehead atoms. The minimum Gasteiger partial charge on any atom is -0.484 e. The molecular weight excluding hydrogens is 532 g/mol. The molecule has 0 amide bonds. The SMILES string of the molecule is COC1=NC(c2cnc(N)nc2N[C@@H](C)c2nc3cccc(-c4ccc(=O)n(C)c4)c3c(=O)n2-c2ccccc2)=CC1. The second-order valence-electron chi connectivity index (χ2n) is 9.87. The van der Waals surface area contributed by atoms with Gasteiger partial charge in [-0.2, -0.15) is 4.98 Å². The first-order valence-corrected chi connectivity index (χ1v) is 13.3. The first-order valence-electron chi connectivity index (χ1n) is 13.3. The number of rotatable bonds is 6. The van der Waals surface area contributed by atoms with Gasteiger partial charge in [0.2, 0.25) is 11.5 Å². The lowest BCUT2D eigenvalue weighted by Gasteiger charge is -2.22. The van der Waals surface area contributed by atoms with Crippen LogP contribution in [0, 0.1) is 0 Å². The van der Waals surface area contributed by atoms with Gasteiger partial charge < -0.3 is 20.4 Å². The second-order valence-corrected chi connectivity index (χ2v) is 9.87. The largest absolute Gasteiger partial charge is 0.484 e. The number of nitrogens with two attached hydrogens (primary N) is 1. The Morgan fingerprint density at radius 1 is 1.00 bits per heavy atom. The molecule has 0 fully saturated rings. The molecule has 6 rings (SSSR count). The van der Waals surface area contributed by atoms with Gasteiger partial charge in [0.15, 0.2) is 5.90 Å². The van der Waals surface area contributed by atoms with E-state index in [1.807, 2.05) is 61.5 Å². The Bertz CT molecular complexity index is 2010. The Kier molecular flexibility index (Phi) is 6.83. The van der Waals surface area contributed by atoms with Gasteiger partial charge in [-0.25, -0.2) is 15.0 Å². The zero-order valence-electron chi connectivity index (χ0n) is 23.3. The molecule has 0 radical (unpaired) electrons. The molecular formula is C31H28N8O3. The van der Waals surface area contributed by atoms with Gasteiger partial charge in [-0.15, -0.1) is 0 Å². The second kappa shape index (κ2) is 10.8. The van der Waals surface area contributed by atoms with E-state index in [0.29, 0.717) is 57.4 Å². The molecule has 0 saturated carbocycles. The summed E-state index contributed by atoms with van der Waals surface area (Å²) < 4.78 is 8.39. The Hall–Kier alpha value is -5.58. The molecule has 0 saturated heterocycles. The number of hydrogen-bond donors (Lipinski definition) is 2. The van der Waals surface area contributed by atoms with E-state index in [1.54, 1.807) is 37.2 Å². The maximum atomic E-state index is 14.4. The maximum Gasteiger partial charge on any atom is 0.266 e. The zero-order valence-corrected chi connectivity index (χ0v) is 23.3. The van der Waals surface area contributed by atoms with Crippen molar-refractivity contribution in [1.82, 2.24) is 24.1 Å². The number of para-hydroxylation sites is 1. The van der Waals surface area contributed by atoms with Crippen LogP contribution in [-0.4, -0.2) is 37.1 Å². The normalized spacial score (nSPS) is 13.5. The molecule has 0 aliphatic carbocycles. The molecule has 1 atom stereocenters. The number of nitrogens with zero attached hydrogens (tertiary/aromatic N) is 6. The molecule has 1 aliphatic heterocycles. The number of hydrogen-bond acceptors (Lipinski definition) is 9. The van der Waals surface area contributed by atoms with Gasteiger partial charge in [-0.05, 0) is 48.4 Å². The predicted molar refractivity (Wildman–Crippen MR) is 164 cm³/mol. The Balaban J connectivity index is 1.52. The van der Waals surface area contributed by atoms with Gasteiger partial charge >= 0.3 is 0 Å². The van der Waals surface area contributed by atoms with Gasteiger partial charge in [0.1, 0.15) is 11.6 Å². The molecule has 4 heterocycles. The summed E-state index contributed by atoms with van der Waals surface area (Å²) in [5, 5.41) is 3.84. The van der Waals surface area contributed by atoms with Crippen molar-refractivity contribution < 1.29 is 4.74 Å². The van der Waals surface area contributed by atoms with Crippen LogP contribution in [0.5, 0.6) is 0 Å². The lowest BCUT2D eigenvalue weighted by Crippen LogP contribution is -2.28. The summed E-state index contributed by atoms with van der Waals surface area (Å²) >= 11 is 0. The van der Waals surface area contributed by atoms with E-state index in [2.05, 4.69) is 20.3 Å². The Morgan fingerprint density at radius 3 is 2.55 bits per heavy atom. The lowest BCUT2D eigenvalue weighted by atomic mass is 10.0. The fraction of sp³-hybridized carbons (Fsp3) is 0.161. The number of methoxy groups -OCH3 is 1. The number of nitrogens with one attached hydrogen (secondary N) is 1. The zero-order chi connectivity index (χ0) is 29.4. The van der Waals surface area contributed by atoms with Crippen LogP contribution < -0.4 is 22.2 Å². The first-order chi connectivity index (χ1) is 20.3. The fourth-order valence-electron chi connectivity index (χ4n) is 5.03. The van der Waals surface area contributed by atoms with E-state index in [4.69, 9.17) is 15.5 Å². The predicted octanol–water partition coefficient (Wildman–Crippen LogP) is 4.09. The van der Waals surface area contributed by atoms with Crippen molar-refractivity contribution in [2.75, 3.05) is 18.2 Å². The summed E-state index contributed by atoms with van der Waals surface area (Å²) in [5.41, 5.74) is 9.51. The molecule has 0 spiro atoms. The first kappa shape index (κ1) is 26.6. The summed E-state index contributed by atoms with van der Waals surface area (Å²) in [6.07, 6.45) is 5.82. The van der Waals surface area contributed by atoms with Crippen LogP contribution in [0.15, 0.2) is 93.7 Å². The lowest BCUT2D eigenvalue weighted by molar-refractivity contribution is 0.397. The van der Waals surface area contributed by atoms with E-state index in [1.165, 1.54) is 10.6 Å². The highest BCUT2D eigenvalue weighted by Crippen LogP contribution is 2.31. The van der Waals surface area contributed by atoms with Gasteiger partial charge in [0.05, 0.1) is 41.0 Å². The molecule has 210 valence electrons. The van der Waals surface area contributed by atoms with E-state index in [0.717, 1.165) is 5.56 Å². The fourth-order valence-corrected chi connectivity index (χ4v) is 5.03. The number of fused-ring (bicyclic) bond motifs is 1. The van der Waals surface area contributed by atoms with Crippen molar-refractivity contribution >= 4 is 34.3 Å². The van der Waals surface area contributed by atoms with Crippen LogP contribution in [0.1, 0.15) is 30.8 Å². The van der Waals surface area contributed by atoms with E-state index >= 15 is 0 Å². The third-order valence-corrected chi connectivity index (χ3v) is 7.11. The highest BCUT2D eigenvalue weighted by Gasteiger charge is 2.23. The van der Waals surface area contributed by atoms with Gasteiger partial charge in [0.25, 0.3) is 5.56 Å². The molecule has 3 N–H and O–H groups in total. The average molecular weight is 561 g/mol. The summed E-state index contributed by atoms with van der Waals surface area (Å²) in [6, 6.07) is 17.6. The number of aliphatic imine (C=N–C) groups is 1. The number of pyridine rings is 1. The number of aryl methyl sites for hydroxylation is 1. The van der Waals surface area contributed by atoms with Crippen molar-refractivity contribution in [3.8, 4) is 16.8 Å². The third-order valence-electron chi connectivity index (χ3n) is 7.11. The molecule has 5 aromatic rings. The standard InChI is InChI=1S/C31H28N8O3/c1-18(34-28-22(16-33-31(32)37-28)23-13-14-25(35-23)42-3)29-36-24-11-7-10-21(19-12-15-26(40)38(2)17-19)27(24)30(41)39(29)20-8-5-4-6-9-20/h4-13,15-18H,14H2,1-3H3,(H3,32,33,34,37)/t18-/m0/s1. The Labute approximate surface area is 240 Å². The van der Waals surface area contributed by atoms with E-state index in [-0.39, 0.29) is 17.1 Å². The van der Waals surface area contributed by atoms with Crippen molar-refractivity contribution in [1.29, 1.82) is 0 Å². The third kappa shape index (κ3) is 4.81. The number of anilines is 2. The highest BCUT2D eigenvalue weighted by atomic mass is 16.5. The minimum absolute atomic E-state index is 0.0943. The molecule has 11 heteroatoms. The molecule has 42 heavy (non-hydrogen) atoms. The summed E-state index contributed by atoms with van der Waals surface area (Å²) in [6.45, 7) is 1.90. The van der Waals surface area contributed by atoms with Crippen LogP contribution in [0.2, 0.25) is 0 Å². The van der Waals surface area contributed by atoms with Crippen molar-refractivity contribution in [2.24, 2.45) is 12.0 Å². The van der Waals surface area contributed by atoms with Gasteiger partial charge in [0, 0.05) is 31.9 Å². The quantitative estimate of drug-likeness (QED) is 0.316. The van der Waals surface area contributed by atoms with Crippen LogP contribution >= 0.6 is 0 Å². The van der Waals surface area contributed by atoms with Crippen molar-refractivity contribution in [2.45, 2.75) is 19.4 Å². The average Bonchev–Trinajstić information content (AvgIpc) is 3.48. The minimum atomic E-state index is -0.496. The number of ether oxygens (including phenoxy) is 1. The highest BCUT2D eigenvalue weighted by molar-refractivity contribution is 5.94. The maximum absolute atomic E-state index is 14.4. The topological polar surface area (TPSA) is 142 Å². The number of aromatic nitrogens is 5. The molecule has 2 aromatic carbocycles. The van der Waals surface area contributed by atoms with Crippen molar-refractivity contribution in [3.05, 3.63) is 111 Å². The van der Waals surface area contributed by atoms with E-state index < -0.39 is 6.04 Å². The van der Waals surface area contributed by atoms with Crippen LogP contribution in [0.3, 0.4) is 0 Å². The van der Waals surface area contributed by atoms with E-state index in [9.17, 15) is 9.59 Å². The summed E-state index contributed by atoms with van der Waals surface area (Å²) in [7, 11) is 3.26. The molecule has 3 aromatic heterocycles. The van der Waals surface area contributed by atoms with Crippen LogP contribution in [0.25, 0.3) is 33.4 Å². The summed E-state index contributed by atoms with van der Waals surface area (Å²) in [4.78, 5) is 44.6. The number of benzene rings is 2. The van der Waals surface area contributed by atoms with Crippen molar-refractivity contribution in [3.63, 3.8) is 0 Å². The summed E-state index contributed by atoms with van der Waals surface area (Å²) in [5.74, 6) is 1.61.